The molecule has 0 heteroatoms. The summed E-state index contributed by atoms with van der Waals surface area (Å²) < 4.78 is 0. The van der Waals surface area contributed by atoms with Gasteiger partial charge in [0.1, 0.15) is 0 Å². The van der Waals surface area contributed by atoms with Crippen molar-refractivity contribution in [3.05, 3.63) is 0 Å². The maximum absolute atomic E-state index is 2.45. The van der Waals surface area contributed by atoms with Crippen LogP contribution < -0.4 is 0 Å². The van der Waals surface area contributed by atoms with Crippen LogP contribution in [0.15, 0.2) is 0 Å². The fourth-order valence-corrected chi connectivity index (χ4v) is 2.43. The van der Waals surface area contributed by atoms with Crippen LogP contribution in [0.4, 0.5) is 0 Å². The summed E-state index contributed by atoms with van der Waals surface area (Å²) in [6.45, 7) is 11.9. The molecule has 0 aromatic heterocycles. The molecule has 0 aromatic carbocycles. The van der Waals surface area contributed by atoms with Crippen molar-refractivity contribution < 1.29 is 0 Å². The third kappa shape index (κ3) is 10.9. The molecule has 0 N–H and O–H groups in total. The monoisotopic (exact) mass is 240 g/mol. The standard InChI is InChI=1S/C17H36/c1-6-8-10-16(4)13-14-17(5)12-9-11-15(3)7-2/h15-17H,6-14H2,1-5H3. The minimum Gasteiger partial charge on any atom is -0.0654 e. The van der Waals surface area contributed by atoms with Gasteiger partial charge in [-0.05, 0) is 17.8 Å². The SMILES string of the molecule is CCCCC(C)CCC(C)CCCC(C)CC. The summed E-state index contributed by atoms with van der Waals surface area (Å²) in [4.78, 5) is 0. The molecule has 3 unspecified atom stereocenters. The molecular weight excluding hydrogens is 204 g/mol. The first-order valence-electron chi connectivity index (χ1n) is 8.10. The summed E-state index contributed by atoms with van der Waals surface area (Å²) in [6.07, 6.45) is 12.8. The Bertz CT molecular complexity index is 150. The van der Waals surface area contributed by atoms with Crippen LogP contribution in [0.1, 0.15) is 92.4 Å². The van der Waals surface area contributed by atoms with E-state index in [1.807, 2.05) is 0 Å². The van der Waals surface area contributed by atoms with Crippen LogP contribution in [-0.4, -0.2) is 0 Å². The molecule has 0 saturated heterocycles. The largest absolute Gasteiger partial charge is 0.0654 e. The van der Waals surface area contributed by atoms with Gasteiger partial charge in [0.05, 0.1) is 0 Å². The molecule has 0 rings (SSSR count). The lowest BCUT2D eigenvalue weighted by molar-refractivity contribution is 0.370. The van der Waals surface area contributed by atoms with Crippen molar-refractivity contribution in [2.24, 2.45) is 17.8 Å². The lowest BCUT2D eigenvalue weighted by Gasteiger charge is -2.16. The van der Waals surface area contributed by atoms with Crippen LogP contribution in [0, 0.1) is 17.8 Å². The third-order valence-electron chi connectivity index (χ3n) is 4.29. The van der Waals surface area contributed by atoms with E-state index < -0.39 is 0 Å². The third-order valence-corrected chi connectivity index (χ3v) is 4.29. The number of rotatable bonds is 11. The Morgan fingerprint density at radius 2 is 1.06 bits per heavy atom. The molecule has 0 bridgehead atoms. The van der Waals surface area contributed by atoms with Gasteiger partial charge in [-0.2, -0.15) is 0 Å². The highest BCUT2D eigenvalue weighted by Gasteiger charge is 2.07. The Hall–Kier alpha value is 0. The van der Waals surface area contributed by atoms with Crippen LogP contribution in [-0.2, 0) is 0 Å². The lowest BCUT2D eigenvalue weighted by atomic mass is 9.90. The van der Waals surface area contributed by atoms with Crippen molar-refractivity contribution in [1.82, 2.24) is 0 Å². The van der Waals surface area contributed by atoms with E-state index in [4.69, 9.17) is 0 Å². The Kier molecular flexibility index (Phi) is 11.1. The second-order valence-corrected chi connectivity index (χ2v) is 6.37. The smallest absolute Gasteiger partial charge is 0.0443 e. The van der Waals surface area contributed by atoms with Gasteiger partial charge in [-0.3, -0.25) is 0 Å². The number of hydrogen-bond donors (Lipinski definition) is 0. The van der Waals surface area contributed by atoms with Gasteiger partial charge >= 0.3 is 0 Å². The first kappa shape index (κ1) is 17.0. The summed E-state index contributed by atoms with van der Waals surface area (Å²) in [5.74, 6) is 2.83. The fourth-order valence-electron chi connectivity index (χ4n) is 2.43. The molecule has 0 spiro atoms. The van der Waals surface area contributed by atoms with Crippen LogP contribution in [0.2, 0.25) is 0 Å². The van der Waals surface area contributed by atoms with Crippen molar-refractivity contribution in [3.8, 4) is 0 Å². The summed E-state index contributed by atoms with van der Waals surface area (Å²) in [5.41, 5.74) is 0. The van der Waals surface area contributed by atoms with Crippen molar-refractivity contribution in [1.29, 1.82) is 0 Å². The topological polar surface area (TPSA) is 0 Å². The van der Waals surface area contributed by atoms with E-state index >= 15 is 0 Å². The summed E-state index contributed by atoms with van der Waals surface area (Å²) >= 11 is 0. The van der Waals surface area contributed by atoms with E-state index in [9.17, 15) is 0 Å². The quantitative estimate of drug-likeness (QED) is 0.389. The predicted octanol–water partition coefficient (Wildman–Crippen LogP) is 6.45. The zero-order chi connectivity index (χ0) is 13.1. The normalized spacial score (nSPS) is 16.8. The highest BCUT2D eigenvalue weighted by molar-refractivity contribution is 4.60. The van der Waals surface area contributed by atoms with Crippen molar-refractivity contribution in [2.45, 2.75) is 92.4 Å². The van der Waals surface area contributed by atoms with Crippen molar-refractivity contribution >= 4 is 0 Å². The Balaban J connectivity index is 3.42. The van der Waals surface area contributed by atoms with Gasteiger partial charge in [0.15, 0.2) is 0 Å². The first-order chi connectivity index (χ1) is 8.10. The van der Waals surface area contributed by atoms with E-state index in [2.05, 4.69) is 34.6 Å². The molecule has 0 aromatic rings. The van der Waals surface area contributed by atoms with Crippen LogP contribution in [0.25, 0.3) is 0 Å². The maximum atomic E-state index is 2.45. The molecule has 104 valence electrons. The lowest BCUT2D eigenvalue weighted by Crippen LogP contribution is -2.02. The molecule has 3 atom stereocenters. The zero-order valence-electron chi connectivity index (χ0n) is 13.1. The average Bonchev–Trinajstić information content (AvgIpc) is 2.33. The summed E-state index contributed by atoms with van der Waals surface area (Å²) in [7, 11) is 0. The summed E-state index contributed by atoms with van der Waals surface area (Å²) in [5, 5.41) is 0. The Labute approximate surface area is 111 Å². The molecule has 0 fully saturated rings. The minimum atomic E-state index is 0.936. The molecule has 0 nitrogen and oxygen atoms in total. The first-order valence-corrected chi connectivity index (χ1v) is 8.10. The van der Waals surface area contributed by atoms with E-state index in [0.717, 1.165) is 17.8 Å². The molecule has 0 aliphatic heterocycles. The number of unbranched alkanes of at least 4 members (excludes halogenated alkanes) is 1. The van der Waals surface area contributed by atoms with Gasteiger partial charge in [-0.1, -0.05) is 92.4 Å². The van der Waals surface area contributed by atoms with Crippen LogP contribution in [0.3, 0.4) is 0 Å². The highest BCUT2D eigenvalue weighted by atomic mass is 14.1. The molecular formula is C17H36. The molecule has 0 saturated carbocycles. The fraction of sp³-hybridized carbons (Fsp3) is 1.00. The zero-order valence-corrected chi connectivity index (χ0v) is 13.1. The van der Waals surface area contributed by atoms with Gasteiger partial charge in [-0.15, -0.1) is 0 Å². The van der Waals surface area contributed by atoms with Crippen molar-refractivity contribution in [3.63, 3.8) is 0 Å². The van der Waals surface area contributed by atoms with Gasteiger partial charge in [0.2, 0.25) is 0 Å². The Morgan fingerprint density at radius 3 is 1.53 bits per heavy atom. The maximum Gasteiger partial charge on any atom is -0.0443 e. The molecule has 0 heterocycles. The molecule has 0 aliphatic carbocycles. The minimum absolute atomic E-state index is 0.936. The molecule has 0 aliphatic rings. The van der Waals surface area contributed by atoms with Gasteiger partial charge < -0.3 is 0 Å². The van der Waals surface area contributed by atoms with Crippen LogP contribution >= 0.6 is 0 Å². The van der Waals surface area contributed by atoms with Crippen molar-refractivity contribution in [2.75, 3.05) is 0 Å². The summed E-state index contributed by atoms with van der Waals surface area (Å²) in [6, 6.07) is 0. The predicted molar refractivity (Wildman–Crippen MR) is 80.4 cm³/mol. The molecule has 0 amide bonds. The molecule has 17 heavy (non-hydrogen) atoms. The van der Waals surface area contributed by atoms with E-state index in [0.29, 0.717) is 0 Å². The van der Waals surface area contributed by atoms with E-state index in [1.165, 1.54) is 57.8 Å². The second kappa shape index (κ2) is 11.1. The second-order valence-electron chi connectivity index (χ2n) is 6.37. The highest BCUT2D eigenvalue weighted by Crippen LogP contribution is 2.22. The number of hydrogen-bond acceptors (Lipinski definition) is 0. The van der Waals surface area contributed by atoms with Gasteiger partial charge in [0, 0.05) is 0 Å². The Morgan fingerprint density at radius 1 is 0.588 bits per heavy atom. The van der Waals surface area contributed by atoms with Crippen LogP contribution in [0.5, 0.6) is 0 Å². The van der Waals surface area contributed by atoms with E-state index in [1.54, 1.807) is 0 Å². The average molecular weight is 240 g/mol. The molecule has 0 radical (unpaired) electrons. The van der Waals surface area contributed by atoms with Gasteiger partial charge in [0.25, 0.3) is 0 Å². The van der Waals surface area contributed by atoms with E-state index in [-0.39, 0.29) is 0 Å². The van der Waals surface area contributed by atoms with Gasteiger partial charge in [-0.25, -0.2) is 0 Å².